The van der Waals surface area contributed by atoms with Gasteiger partial charge in [-0.2, -0.15) is 0 Å². The van der Waals surface area contributed by atoms with Crippen molar-refractivity contribution in [2.45, 2.75) is 6.92 Å². The summed E-state index contributed by atoms with van der Waals surface area (Å²) in [6.45, 7) is 2.23. The molecule has 2 heteroatoms. The van der Waals surface area contributed by atoms with Gasteiger partial charge in [0.05, 0.1) is 33.1 Å². The molecule has 0 fully saturated rings. The summed E-state index contributed by atoms with van der Waals surface area (Å²) in [7, 11) is 0. The molecule has 126 valence electrons. The standard InChI is InChI=1S/C25H16N2/c1-15-13-14-19-17-8-2-4-10-20(17)26-22-12-6-9-18-16-7-3-5-11-21(16)27(24(18)22)23(15)25(19)26/h2-14H,1H3. The van der Waals surface area contributed by atoms with Crippen LogP contribution in [0.3, 0.4) is 0 Å². The van der Waals surface area contributed by atoms with Crippen LogP contribution in [-0.2, 0) is 0 Å². The monoisotopic (exact) mass is 344 g/mol. The van der Waals surface area contributed by atoms with Crippen LogP contribution in [0.5, 0.6) is 0 Å². The third-order valence-corrected chi connectivity index (χ3v) is 6.15. The van der Waals surface area contributed by atoms with Crippen LogP contribution in [0.4, 0.5) is 0 Å². The average molecular weight is 344 g/mol. The summed E-state index contributed by atoms with van der Waals surface area (Å²) in [5.41, 5.74) is 9.08. The normalized spacial score (nSPS) is 12.6. The lowest BCUT2D eigenvalue weighted by Crippen LogP contribution is -1.98. The van der Waals surface area contributed by atoms with E-state index >= 15 is 0 Å². The van der Waals surface area contributed by atoms with Crippen molar-refractivity contribution in [3.63, 3.8) is 0 Å². The smallest absolute Gasteiger partial charge is 0.0785 e. The second kappa shape index (κ2) is 4.41. The molecule has 0 amide bonds. The Labute approximate surface area is 155 Å². The van der Waals surface area contributed by atoms with Crippen LogP contribution in [0.1, 0.15) is 5.56 Å². The molecule has 3 heterocycles. The Morgan fingerprint density at radius 1 is 0.444 bits per heavy atom. The summed E-state index contributed by atoms with van der Waals surface area (Å²) in [4.78, 5) is 0. The number of hydrogen-bond donors (Lipinski definition) is 0. The lowest BCUT2D eigenvalue weighted by Gasteiger charge is -2.13. The summed E-state index contributed by atoms with van der Waals surface area (Å²) in [5, 5.41) is 5.29. The quantitative estimate of drug-likeness (QED) is 0.276. The molecule has 0 bridgehead atoms. The SMILES string of the molecule is Cc1ccc2c3ccccc3n3c4cccc5c6ccccc6n(c1c23)c54. The highest BCUT2D eigenvalue weighted by Gasteiger charge is 2.20. The van der Waals surface area contributed by atoms with Gasteiger partial charge in [-0.25, -0.2) is 0 Å². The first-order valence-corrected chi connectivity index (χ1v) is 9.40. The number of nitrogens with zero attached hydrogens (tertiary/aromatic N) is 2. The van der Waals surface area contributed by atoms with E-state index < -0.39 is 0 Å². The van der Waals surface area contributed by atoms with E-state index in [1.807, 2.05) is 0 Å². The third kappa shape index (κ3) is 1.42. The molecule has 0 aliphatic heterocycles. The van der Waals surface area contributed by atoms with Gasteiger partial charge in [0.25, 0.3) is 0 Å². The van der Waals surface area contributed by atoms with Gasteiger partial charge in [-0.1, -0.05) is 60.7 Å². The zero-order valence-electron chi connectivity index (χ0n) is 14.9. The van der Waals surface area contributed by atoms with Crippen molar-refractivity contribution in [1.29, 1.82) is 0 Å². The topological polar surface area (TPSA) is 8.82 Å². The van der Waals surface area contributed by atoms with Crippen LogP contribution in [0.2, 0.25) is 0 Å². The Hall–Kier alpha value is -3.52. The molecule has 0 aliphatic rings. The second-order valence-corrected chi connectivity index (χ2v) is 7.51. The van der Waals surface area contributed by atoms with E-state index in [4.69, 9.17) is 0 Å². The lowest BCUT2D eigenvalue weighted by molar-refractivity contribution is 1.24. The number of benzene rings is 4. The number of aromatic nitrogens is 2. The highest BCUT2D eigenvalue weighted by Crippen LogP contribution is 2.41. The minimum Gasteiger partial charge on any atom is -0.305 e. The first-order chi connectivity index (χ1) is 13.3. The van der Waals surface area contributed by atoms with Gasteiger partial charge in [-0.15, -0.1) is 0 Å². The zero-order chi connectivity index (χ0) is 17.7. The van der Waals surface area contributed by atoms with Crippen molar-refractivity contribution >= 4 is 54.6 Å². The largest absolute Gasteiger partial charge is 0.305 e. The van der Waals surface area contributed by atoms with E-state index in [1.54, 1.807) is 0 Å². The molecule has 0 saturated carbocycles. The maximum atomic E-state index is 2.48. The van der Waals surface area contributed by atoms with E-state index in [0.29, 0.717) is 0 Å². The molecule has 7 rings (SSSR count). The molecule has 0 N–H and O–H groups in total. The van der Waals surface area contributed by atoms with Gasteiger partial charge < -0.3 is 8.80 Å². The summed E-state index contributed by atoms with van der Waals surface area (Å²) in [6, 6.07) is 28.8. The highest BCUT2D eigenvalue weighted by molar-refractivity contribution is 6.22. The molecule has 0 spiro atoms. The Morgan fingerprint density at radius 3 is 1.81 bits per heavy atom. The highest BCUT2D eigenvalue weighted by atomic mass is 15.0. The van der Waals surface area contributed by atoms with E-state index in [9.17, 15) is 0 Å². The van der Waals surface area contributed by atoms with Crippen LogP contribution in [0.15, 0.2) is 78.9 Å². The van der Waals surface area contributed by atoms with Crippen LogP contribution in [0.25, 0.3) is 54.6 Å². The van der Waals surface area contributed by atoms with Crippen LogP contribution in [-0.4, -0.2) is 8.80 Å². The Bertz CT molecular complexity index is 1670. The Morgan fingerprint density at radius 2 is 1.04 bits per heavy atom. The van der Waals surface area contributed by atoms with Gasteiger partial charge in [0.15, 0.2) is 0 Å². The van der Waals surface area contributed by atoms with Crippen LogP contribution in [0, 0.1) is 6.92 Å². The fraction of sp³-hybridized carbons (Fsp3) is 0.0400. The zero-order valence-corrected chi connectivity index (χ0v) is 14.9. The molecular weight excluding hydrogens is 328 g/mol. The maximum absolute atomic E-state index is 2.48. The summed E-state index contributed by atoms with van der Waals surface area (Å²) in [6.07, 6.45) is 0. The molecule has 0 saturated heterocycles. The van der Waals surface area contributed by atoms with Gasteiger partial charge in [-0.3, -0.25) is 0 Å². The summed E-state index contributed by atoms with van der Waals surface area (Å²) >= 11 is 0. The number of aryl methyl sites for hydroxylation is 1. The molecule has 27 heavy (non-hydrogen) atoms. The van der Waals surface area contributed by atoms with Crippen molar-refractivity contribution in [3.8, 4) is 0 Å². The summed E-state index contributed by atoms with van der Waals surface area (Å²) in [5.74, 6) is 0. The molecule has 7 aromatic rings. The first-order valence-electron chi connectivity index (χ1n) is 9.40. The van der Waals surface area contributed by atoms with Crippen molar-refractivity contribution in [1.82, 2.24) is 8.80 Å². The minimum absolute atomic E-state index is 1.27. The Balaban J connectivity index is 2.03. The average Bonchev–Trinajstić information content (AvgIpc) is 3.22. The van der Waals surface area contributed by atoms with Gasteiger partial charge in [0.1, 0.15) is 0 Å². The molecule has 0 atom stereocenters. The number of para-hydroxylation sites is 3. The molecule has 0 unspecified atom stereocenters. The molecule has 3 aromatic heterocycles. The molecule has 4 aromatic carbocycles. The van der Waals surface area contributed by atoms with Crippen LogP contribution < -0.4 is 0 Å². The van der Waals surface area contributed by atoms with Crippen molar-refractivity contribution in [2.24, 2.45) is 0 Å². The van der Waals surface area contributed by atoms with Crippen LogP contribution >= 0.6 is 0 Å². The maximum Gasteiger partial charge on any atom is 0.0785 e. The van der Waals surface area contributed by atoms with Crippen molar-refractivity contribution in [2.75, 3.05) is 0 Å². The second-order valence-electron chi connectivity index (χ2n) is 7.51. The van der Waals surface area contributed by atoms with Gasteiger partial charge in [0, 0.05) is 21.5 Å². The molecule has 0 radical (unpaired) electrons. The Kier molecular flexibility index (Phi) is 2.23. The van der Waals surface area contributed by atoms with E-state index in [-0.39, 0.29) is 0 Å². The first kappa shape index (κ1) is 13.7. The predicted octanol–water partition coefficient (Wildman–Crippen LogP) is 6.55. The summed E-state index contributed by atoms with van der Waals surface area (Å²) < 4.78 is 4.95. The molecular formula is C25H16N2. The number of rotatable bonds is 0. The third-order valence-electron chi connectivity index (χ3n) is 6.15. The molecule has 2 nitrogen and oxygen atoms in total. The number of hydrogen-bond acceptors (Lipinski definition) is 0. The fourth-order valence-corrected chi connectivity index (χ4v) is 5.09. The lowest BCUT2D eigenvalue weighted by atomic mass is 10.1. The van der Waals surface area contributed by atoms with E-state index in [1.165, 1.54) is 60.2 Å². The fourth-order valence-electron chi connectivity index (χ4n) is 5.09. The number of fused-ring (bicyclic) bond motifs is 8. The van der Waals surface area contributed by atoms with Crippen molar-refractivity contribution < 1.29 is 0 Å². The van der Waals surface area contributed by atoms with Gasteiger partial charge in [0.2, 0.25) is 0 Å². The van der Waals surface area contributed by atoms with E-state index in [0.717, 1.165) is 0 Å². The molecule has 0 aliphatic carbocycles. The van der Waals surface area contributed by atoms with Gasteiger partial charge >= 0.3 is 0 Å². The predicted molar refractivity (Wildman–Crippen MR) is 114 cm³/mol. The van der Waals surface area contributed by atoms with Gasteiger partial charge in [-0.05, 0) is 30.7 Å². The van der Waals surface area contributed by atoms with E-state index in [2.05, 4.69) is 94.6 Å². The minimum atomic E-state index is 1.27. The van der Waals surface area contributed by atoms with Crippen molar-refractivity contribution in [3.05, 3.63) is 84.4 Å².